The molecule has 33 heavy (non-hydrogen) atoms. The third-order valence-electron chi connectivity index (χ3n) is 5.33. The molecule has 0 amide bonds. The van der Waals surface area contributed by atoms with Crippen molar-refractivity contribution >= 4 is 28.4 Å². The Morgan fingerprint density at radius 2 is 1.61 bits per heavy atom. The Kier molecular flexibility index (Phi) is 6.54. The van der Waals surface area contributed by atoms with Crippen LogP contribution in [0.25, 0.3) is 22.3 Å². The zero-order valence-corrected chi connectivity index (χ0v) is 17.8. The highest BCUT2D eigenvalue weighted by atomic mass is 16.6. The van der Waals surface area contributed by atoms with Crippen LogP contribution in [-0.4, -0.2) is 39.1 Å². The van der Waals surface area contributed by atoms with Gasteiger partial charge >= 0.3 is 5.97 Å². The van der Waals surface area contributed by atoms with E-state index in [0.29, 0.717) is 30.3 Å². The molecule has 0 aliphatic heterocycles. The number of carboxylic acid groups (broad SMARTS) is 1. The van der Waals surface area contributed by atoms with Gasteiger partial charge in [0.2, 0.25) is 0 Å². The van der Waals surface area contributed by atoms with Gasteiger partial charge in [-0.1, -0.05) is 42.5 Å². The lowest BCUT2D eigenvalue weighted by Crippen LogP contribution is -2.29. The number of benzene rings is 3. The van der Waals surface area contributed by atoms with Gasteiger partial charge in [-0.05, 0) is 36.2 Å². The summed E-state index contributed by atoms with van der Waals surface area (Å²) in [4.78, 5) is 33.3. The molecule has 0 aliphatic rings. The molecular weight excluding hydrogens is 420 g/mol. The van der Waals surface area contributed by atoms with Gasteiger partial charge in [0.1, 0.15) is 5.82 Å². The fourth-order valence-corrected chi connectivity index (χ4v) is 3.63. The van der Waals surface area contributed by atoms with Crippen LogP contribution < -0.4 is 4.90 Å². The Morgan fingerprint density at radius 3 is 2.30 bits per heavy atom. The first-order valence-corrected chi connectivity index (χ1v) is 10.5. The molecule has 0 aliphatic carbocycles. The topological polar surface area (TPSA) is 109 Å². The molecule has 0 unspecified atom stereocenters. The predicted octanol–water partition coefficient (Wildman–Crippen LogP) is 4.73. The van der Waals surface area contributed by atoms with E-state index in [1.807, 2.05) is 59.5 Å². The van der Waals surface area contributed by atoms with Gasteiger partial charge in [-0.15, -0.1) is 0 Å². The highest BCUT2D eigenvalue weighted by Crippen LogP contribution is 2.29. The summed E-state index contributed by atoms with van der Waals surface area (Å²) >= 11 is 0. The molecule has 0 saturated heterocycles. The van der Waals surface area contributed by atoms with Crippen molar-refractivity contribution in [1.29, 1.82) is 0 Å². The van der Waals surface area contributed by atoms with E-state index in [0.717, 1.165) is 22.9 Å². The lowest BCUT2D eigenvalue weighted by molar-refractivity contribution is -0.384. The van der Waals surface area contributed by atoms with E-state index in [4.69, 9.17) is 4.98 Å². The molecule has 0 bridgehead atoms. The summed E-state index contributed by atoms with van der Waals surface area (Å²) in [5.41, 5.74) is 2.50. The average molecular weight is 442 g/mol. The van der Waals surface area contributed by atoms with Crippen LogP contribution in [0, 0.1) is 10.1 Å². The molecule has 0 radical (unpaired) electrons. The SMILES string of the molecule is O=C(O)CCN(CCc1ccccc1)c1nc(-c2ccc([N+](=O)[O-])cc2)nc2ccccc12. The highest BCUT2D eigenvalue weighted by molar-refractivity contribution is 5.91. The van der Waals surface area contributed by atoms with E-state index >= 15 is 0 Å². The number of nitrogens with zero attached hydrogens (tertiary/aromatic N) is 4. The second kappa shape index (κ2) is 9.86. The largest absolute Gasteiger partial charge is 0.481 e. The maximum Gasteiger partial charge on any atom is 0.305 e. The number of rotatable bonds is 9. The summed E-state index contributed by atoms with van der Waals surface area (Å²) in [7, 11) is 0. The summed E-state index contributed by atoms with van der Waals surface area (Å²) in [6.07, 6.45) is 0.700. The summed E-state index contributed by atoms with van der Waals surface area (Å²) in [6, 6.07) is 23.6. The van der Waals surface area contributed by atoms with Crippen molar-refractivity contribution in [2.75, 3.05) is 18.0 Å². The van der Waals surface area contributed by atoms with Crippen LogP contribution in [0.1, 0.15) is 12.0 Å². The third-order valence-corrected chi connectivity index (χ3v) is 5.33. The number of para-hydroxylation sites is 1. The van der Waals surface area contributed by atoms with Gasteiger partial charge in [0.25, 0.3) is 5.69 Å². The van der Waals surface area contributed by atoms with Gasteiger partial charge in [0, 0.05) is 36.2 Å². The molecule has 1 N–H and O–H groups in total. The normalized spacial score (nSPS) is 10.8. The van der Waals surface area contributed by atoms with Crippen LogP contribution >= 0.6 is 0 Å². The standard InChI is InChI=1S/C25H22N4O4/c30-23(31)15-17-28(16-14-18-6-2-1-3-7-18)25-21-8-4-5-9-22(21)26-24(27-25)19-10-12-20(13-11-19)29(32)33/h1-13H,14-17H2,(H,30,31). The van der Waals surface area contributed by atoms with Crippen LogP contribution in [0.3, 0.4) is 0 Å². The first kappa shape index (κ1) is 21.9. The third kappa shape index (κ3) is 5.30. The Bertz CT molecular complexity index is 1280. The second-order valence-corrected chi connectivity index (χ2v) is 7.56. The van der Waals surface area contributed by atoms with Crippen molar-refractivity contribution in [2.45, 2.75) is 12.8 Å². The number of hydrogen-bond donors (Lipinski definition) is 1. The molecule has 1 aromatic heterocycles. The fourth-order valence-electron chi connectivity index (χ4n) is 3.63. The van der Waals surface area contributed by atoms with Crippen molar-refractivity contribution in [3.8, 4) is 11.4 Å². The molecule has 0 saturated carbocycles. The molecule has 8 nitrogen and oxygen atoms in total. The number of aromatic nitrogens is 2. The Labute approximate surface area is 190 Å². The minimum atomic E-state index is -0.881. The second-order valence-electron chi connectivity index (χ2n) is 7.56. The van der Waals surface area contributed by atoms with E-state index in [-0.39, 0.29) is 12.1 Å². The number of carbonyl (C=O) groups is 1. The molecule has 4 rings (SSSR count). The van der Waals surface area contributed by atoms with Crippen molar-refractivity contribution in [2.24, 2.45) is 0 Å². The number of aliphatic carboxylic acids is 1. The minimum absolute atomic E-state index is 0.00860. The van der Waals surface area contributed by atoms with Crippen LogP contribution in [0.4, 0.5) is 11.5 Å². The van der Waals surface area contributed by atoms with Gasteiger partial charge in [-0.3, -0.25) is 14.9 Å². The maximum absolute atomic E-state index is 11.3. The first-order valence-electron chi connectivity index (χ1n) is 10.5. The summed E-state index contributed by atoms with van der Waals surface area (Å²) in [5, 5.41) is 21.1. The number of hydrogen-bond acceptors (Lipinski definition) is 6. The highest BCUT2D eigenvalue weighted by Gasteiger charge is 2.17. The van der Waals surface area contributed by atoms with Gasteiger partial charge in [0.15, 0.2) is 5.82 Å². The Hall–Kier alpha value is -4.33. The summed E-state index contributed by atoms with van der Waals surface area (Å²) < 4.78 is 0. The Morgan fingerprint density at radius 1 is 0.909 bits per heavy atom. The zero-order chi connectivity index (χ0) is 23.2. The van der Waals surface area contributed by atoms with Crippen LogP contribution in [-0.2, 0) is 11.2 Å². The molecule has 0 fully saturated rings. The van der Waals surface area contributed by atoms with Gasteiger partial charge in [-0.2, -0.15) is 0 Å². The predicted molar refractivity (Wildman–Crippen MR) is 126 cm³/mol. The molecule has 1 heterocycles. The van der Waals surface area contributed by atoms with E-state index in [1.165, 1.54) is 12.1 Å². The lowest BCUT2D eigenvalue weighted by Gasteiger charge is -2.25. The molecule has 166 valence electrons. The number of nitro benzene ring substituents is 1. The average Bonchev–Trinajstić information content (AvgIpc) is 2.84. The molecule has 4 aromatic rings. The molecule has 8 heteroatoms. The number of anilines is 1. The van der Waals surface area contributed by atoms with E-state index in [9.17, 15) is 20.0 Å². The number of nitro groups is 1. The maximum atomic E-state index is 11.3. The van der Waals surface area contributed by atoms with Crippen molar-refractivity contribution in [3.05, 3.63) is 94.5 Å². The first-order chi connectivity index (χ1) is 16.0. The lowest BCUT2D eigenvalue weighted by atomic mass is 10.1. The fraction of sp³-hybridized carbons (Fsp3) is 0.160. The number of fused-ring (bicyclic) bond motifs is 1. The van der Waals surface area contributed by atoms with E-state index in [2.05, 4.69) is 4.98 Å². The van der Waals surface area contributed by atoms with Gasteiger partial charge in [0.05, 0.1) is 16.9 Å². The number of carboxylic acids is 1. The van der Waals surface area contributed by atoms with Gasteiger partial charge < -0.3 is 10.0 Å². The molecule has 0 atom stereocenters. The van der Waals surface area contributed by atoms with E-state index < -0.39 is 10.9 Å². The van der Waals surface area contributed by atoms with Crippen molar-refractivity contribution in [3.63, 3.8) is 0 Å². The minimum Gasteiger partial charge on any atom is -0.481 e. The molecule has 3 aromatic carbocycles. The van der Waals surface area contributed by atoms with Gasteiger partial charge in [-0.25, -0.2) is 9.97 Å². The quantitative estimate of drug-likeness (QED) is 0.295. The Balaban J connectivity index is 1.75. The molecular formula is C25H22N4O4. The van der Waals surface area contributed by atoms with Crippen molar-refractivity contribution in [1.82, 2.24) is 9.97 Å². The monoisotopic (exact) mass is 442 g/mol. The number of non-ortho nitro benzene ring substituents is 1. The van der Waals surface area contributed by atoms with Crippen molar-refractivity contribution < 1.29 is 14.8 Å². The molecule has 0 spiro atoms. The summed E-state index contributed by atoms with van der Waals surface area (Å²) in [6.45, 7) is 0.876. The smallest absolute Gasteiger partial charge is 0.305 e. The van der Waals surface area contributed by atoms with E-state index in [1.54, 1.807) is 12.1 Å². The van der Waals surface area contributed by atoms with Crippen LogP contribution in [0.5, 0.6) is 0 Å². The summed E-state index contributed by atoms with van der Waals surface area (Å²) in [5.74, 6) is 0.193. The van der Waals surface area contributed by atoms with Crippen LogP contribution in [0.2, 0.25) is 0 Å². The van der Waals surface area contributed by atoms with Crippen LogP contribution in [0.15, 0.2) is 78.9 Å². The zero-order valence-electron chi connectivity index (χ0n) is 17.8.